The van der Waals surface area contributed by atoms with Crippen molar-refractivity contribution in [3.8, 4) is 0 Å². The van der Waals surface area contributed by atoms with Crippen molar-refractivity contribution >= 4 is 30.7 Å². The SMILES string of the molecule is Cc1ccc(C)c(CCNC(=O)C2CC3(CCNCC3)CN2C)c1.Cl.Cl. The number of aryl methyl sites for hydroxylation is 2. The summed E-state index contributed by atoms with van der Waals surface area (Å²) >= 11 is 0. The van der Waals surface area contributed by atoms with Crippen molar-refractivity contribution in [2.45, 2.75) is 45.6 Å². The maximum atomic E-state index is 12.7. The van der Waals surface area contributed by atoms with Crippen molar-refractivity contribution in [2.24, 2.45) is 5.41 Å². The summed E-state index contributed by atoms with van der Waals surface area (Å²) < 4.78 is 0. The molecule has 0 radical (unpaired) electrons. The average Bonchev–Trinajstić information content (AvgIpc) is 2.87. The van der Waals surface area contributed by atoms with Crippen LogP contribution in [0.2, 0.25) is 0 Å². The number of carbonyl (C=O) groups excluding carboxylic acids is 1. The molecule has 0 aliphatic carbocycles. The summed E-state index contributed by atoms with van der Waals surface area (Å²) in [7, 11) is 2.10. The summed E-state index contributed by atoms with van der Waals surface area (Å²) in [6.45, 7) is 8.23. The zero-order valence-corrected chi connectivity index (χ0v) is 17.8. The van der Waals surface area contributed by atoms with E-state index in [4.69, 9.17) is 0 Å². The first-order chi connectivity index (χ1) is 11.5. The van der Waals surface area contributed by atoms with E-state index in [2.05, 4.69) is 54.6 Å². The molecule has 2 fully saturated rings. The standard InChI is InChI=1S/C20H31N3O.2ClH/c1-15-4-5-16(2)17(12-15)6-9-22-19(24)18-13-20(14-23(18)3)7-10-21-11-8-20;;/h4-5,12,18,21H,6-11,13-14H2,1-3H3,(H,22,24);2*1H. The summed E-state index contributed by atoms with van der Waals surface area (Å²) in [5.74, 6) is 0.207. The number of hydrogen-bond donors (Lipinski definition) is 2. The zero-order valence-electron chi connectivity index (χ0n) is 16.1. The van der Waals surface area contributed by atoms with Crippen LogP contribution >= 0.6 is 24.8 Å². The Hall–Kier alpha value is -0.810. The number of likely N-dealkylation sites (N-methyl/N-ethyl adjacent to an activating group) is 1. The van der Waals surface area contributed by atoms with Gasteiger partial charge in [0, 0.05) is 13.1 Å². The number of benzene rings is 1. The minimum atomic E-state index is 0. The first-order valence-electron chi connectivity index (χ1n) is 9.24. The number of nitrogens with zero attached hydrogens (tertiary/aromatic N) is 1. The molecule has 2 N–H and O–H groups in total. The number of rotatable bonds is 4. The minimum Gasteiger partial charge on any atom is -0.354 e. The molecule has 2 aliphatic heterocycles. The molecule has 0 aromatic heterocycles. The van der Waals surface area contributed by atoms with E-state index in [1.54, 1.807) is 0 Å². The van der Waals surface area contributed by atoms with Gasteiger partial charge in [0.15, 0.2) is 0 Å². The lowest BCUT2D eigenvalue weighted by Gasteiger charge is -2.33. The lowest BCUT2D eigenvalue weighted by atomic mass is 9.77. The summed E-state index contributed by atoms with van der Waals surface area (Å²) in [6, 6.07) is 6.58. The van der Waals surface area contributed by atoms with E-state index in [1.165, 1.54) is 29.5 Å². The Morgan fingerprint density at radius 2 is 1.96 bits per heavy atom. The fourth-order valence-electron chi connectivity index (χ4n) is 4.39. The zero-order chi connectivity index (χ0) is 17.2. The van der Waals surface area contributed by atoms with E-state index in [-0.39, 0.29) is 36.8 Å². The van der Waals surface area contributed by atoms with Crippen LogP contribution in [0.15, 0.2) is 18.2 Å². The van der Waals surface area contributed by atoms with Gasteiger partial charge in [-0.15, -0.1) is 24.8 Å². The predicted octanol–water partition coefficient (Wildman–Crippen LogP) is 2.88. The maximum absolute atomic E-state index is 12.7. The second kappa shape index (κ2) is 9.93. The lowest BCUT2D eigenvalue weighted by Crippen LogP contribution is -2.42. The molecule has 2 heterocycles. The van der Waals surface area contributed by atoms with Crippen LogP contribution in [0.25, 0.3) is 0 Å². The quantitative estimate of drug-likeness (QED) is 0.814. The van der Waals surface area contributed by atoms with Gasteiger partial charge in [-0.1, -0.05) is 23.8 Å². The van der Waals surface area contributed by atoms with Gasteiger partial charge in [-0.3, -0.25) is 9.69 Å². The van der Waals surface area contributed by atoms with Gasteiger partial charge >= 0.3 is 0 Å². The number of nitrogens with one attached hydrogen (secondary N) is 2. The summed E-state index contributed by atoms with van der Waals surface area (Å²) in [6.07, 6.45) is 4.32. The van der Waals surface area contributed by atoms with Gasteiger partial charge in [-0.25, -0.2) is 0 Å². The van der Waals surface area contributed by atoms with Crippen molar-refractivity contribution < 1.29 is 4.79 Å². The van der Waals surface area contributed by atoms with E-state index in [0.717, 1.165) is 39.0 Å². The normalized spacial score (nSPS) is 21.7. The molecule has 2 saturated heterocycles. The van der Waals surface area contributed by atoms with E-state index in [1.807, 2.05) is 0 Å². The number of amides is 1. The summed E-state index contributed by atoms with van der Waals surface area (Å²) in [4.78, 5) is 14.9. The third kappa shape index (κ3) is 5.35. The number of halogens is 2. The number of hydrogen-bond acceptors (Lipinski definition) is 3. The van der Waals surface area contributed by atoms with Crippen LogP contribution < -0.4 is 10.6 Å². The molecule has 4 nitrogen and oxygen atoms in total. The van der Waals surface area contributed by atoms with Gasteiger partial charge in [0.1, 0.15) is 0 Å². The predicted molar refractivity (Wildman–Crippen MR) is 113 cm³/mol. The number of piperidine rings is 1. The molecule has 2 aliphatic rings. The molecular formula is C20H33Cl2N3O. The van der Waals surface area contributed by atoms with Crippen molar-refractivity contribution in [3.63, 3.8) is 0 Å². The summed E-state index contributed by atoms with van der Waals surface area (Å²) in [5, 5.41) is 6.61. The molecule has 6 heteroatoms. The van der Waals surface area contributed by atoms with Crippen LogP contribution in [0.5, 0.6) is 0 Å². The van der Waals surface area contributed by atoms with Gasteiger partial charge < -0.3 is 10.6 Å². The van der Waals surface area contributed by atoms with Gasteiger partial charge in [-0.2, -0.15) is 0 Å². The summed E-state index contributed by atoms with van der Waals surface area (Å²) in [5.41, 5.74) is 4.28. The van der Waals surface area contributed by atoms with Crippen LogP contribution in [0.4, 0.5) is 0 Å². The van der Waals surface area contributed by atoms with Gasteiger partial charge in [0.05, 0.1) is 6.04 Å². The van der Waals surface area contributed by atoms with Crippen LogP contribution in [-0.2, 0) is 11.2 Å². The highest BCUT2D eigenvalue weighted by molar-refractivity contribution is 5.85. The highest BCUT2D eigenvalue weighted by Gasteiger charge is 2.45. The fraction of sp³-hybridized carbons (Fsp3) is 0.650. The van der Waals surface area contributed by atoms with E-state index in [9.17, 15) is 4.79 Å². The number of carbonyl (C=O) groups is 1. The van der Waals surface area contributed by atoms with Crippen LogP contribution in [0.3, 0.4) is 0 Å². The molecule has 3 rings (SSSR count). The van der Waals surface area contributed by atoms with Crippen LogP contribution in [0.1, 0.15) is 36.0 Å². The van der Waals surface area contributed by atoms with E-state index >= 15 is 0 Å². The first kappa shape index (κ1) is 23.2. The van der Waals surface area contributed by atoms with E-state index < -0.39 is 0 Å². The van der Waals surface area contributed by atoms with Gasteiger partial charge in [0.25, 0.3) is 0 Å². The Balaban J connectivity index is 0.00000169. The second-order valence-corrected chi connectivity index (χ2v) is 7.86. The smallest absolute Gasteiger partial charge is 0.237 e. The Labute approximate surface area is 170 Å². The first-order valence-corrected chi connectivity index (χ1v) is 9.24. The highest BCUT2D eigenvalue weighted by atomic mass is 35.5. The van der Waals surface area contributed by atoms with E-state index in [0.29, 0.717) is 5.41 Å². The molecule has 0 bridgehead atoms. The Morgan fingerprint density at radius 3 is 2.65 bits per heavy atom. The molecule has 1 aromatic carbocycles. The Morgan fingerprint density at radius 1 is 1.27 bits per heavy atom. The third-order valence-corrected chi connectivity index (χ3v) is 5.91. The molecule has 26 heavy (non-hydrogen) atoms. The Kier molecular flexibility index (Phi) is 8.87. The largest absolute Gasteiger partial charge is 0.354 e. The number of likely N-dealkylation sites (tertiary alicyclic amines) is 1. The molecule has 148 valence electrons. The molecular weight excluding hydrogens is 369 g/mol. The molecule has 1 spiro atoms. The molecule has 0 saturated carbocycles. The molecule has 1 aromatic rings. The molecule has 1 unspecified atom stereocenters. The maximum Gasteiger partial charge on any atom is 0.237 e. The fourth-order valence-corrected chi connectivity index (χ4v) is 4.39. The Bertz CT molecular complexity index is 603. The topological polar surface area (TPSA) is 44.4 Å². The van der Waals surface area contributed by atoms with Crippen LogP contribution in [-0.4, -0.2) is 50.1 Å². The highest BCUT2D eigenvalue weighted by Crippen LogP contribution is 2.41. The van der Waals surface area contributed by atoms with Crippen molar-refractivity contribution in [2.75, 3.05) is 33.2 Å². The minimum absolute atomic E-state index is 0. The van der Waals surface area contributed by atoms with Crippen molar-refractivity contribution in [1.29, 1.82) is 0 Å². The van der Waals surface area contributed by atoms with Crippen LogP contribution in [0, 0.1) is 19.3 Å². The second-order valence-electron chi connectivity index (χ2n) is 7.86. The monoisotopic (exact) mass is 401 g/mol. The molecule has 1 amide bonds. The lowest BCUT2D eigenvalue weighted by molar-refractivity contribution is -0.125. The third-order valence-electron chi connectivity index (χ3n) is 5.91. The van der Waals surface area contributed by atoms with Crippen molar-refractivity contribution in [3.05, 3.63) is 34.9 Å². The average molecular weight is 402 g/mol. The van der Waals surface area contributed by atoms with Gasteiger partial charge in [0.2, 0.25) is 5.91 Å². The van der Waals surface area contributed by atoms with Gasteiger partial charge in [-0.05, 0) is 76.2 Å². The molecule has 1 atom stereocenters. The van der Waals surface area contributed by atoms with Crippen molar-refractivity contribution in [1.82, 2.24) is 15.5 Å².